The molecule has 0 aromatic rings. The quantitative estimate of drug-likeness (QED) is 0.738. The predicted octanol–water partition coefficient (Wildman–Crippen LogP) is 0.699. The van der Waals surface area contributed by atoms with Crippen LogP contribution in [0.25, 0.3) is 0 Å². The molecule has 0 saturated carbocycles. The first-order chi connectivity index (χ1) is 8.15. The molecule has 5 heteroatoms. The highest BCUT2D eigenvalue weighted by Gasteiger charge is 2.33. The van der Waals surface area contributed by atoms with Gasteiger partial charge in [0.15, 0.2) is 0 Å². The van der Waals surface area contributed by atoms with Crippen molar-refractivity contribution >= 4 is 17.7 Å². The van der Waals surface area contributed by atoms with Crippen LogP contribution in [0.15, 0.2) is 0 Å². The highest BCUT2D eigenvalue weighted by molar-refractivity contribution is 7.99. The van der Waals surface area contributed by atoms with Crippen LogP contribution in [0.4, 0.5) is 0 Å². The van der Waals surface area contributed by atoms with E-state index in [9.17, 15) is 9.90 Å². The van der Waals surface area contributed by atoms with Gasteiger partial charge >= 0.3 is 0 Å². The number of carbonyl (C=O) groups is 1. The van der Waals surface area contributed by atoms with Crippen LogP contribution in [0.5, 0.6) is 0 Å². The first-order valence-corrected chi connectivity index (χ1v) is 7.62. The van der Waals surface area contributed by atoms with E-state index in [1.54, 1.807) is 11.8 Å². The molecule has 1 amide bonds. The minimum absolute atomic E-state index is 0.0302. The Morgan fingerprint density at radius 2 is 2.35 bits per heavy atom. The summed E-state index contributed by atoms with van der Waals surface area (Å²) >= 11 is 1.62. The van der Waals surface area contributed by atoms with Crippen LogP contribution in [0.2, 0.25) is 0 Å². The van der Waals surface area contributed by atoms with E-state index in [-0.39, 0.29) is 29.8 Å². The lowest BCUT2D eigenvalue weighted by Gasteiger charge is -2.39. The fraction of sp³-hybridized carbons (Fsp3) is 0.917. The summed E-state index contributed by atoms with van der Waals surface area (Å²) in [5.74, 6) is 0.193. The fourth-order valence-electron chi connectivity index (χ4n) is 2.36. The summed E-state index contributed by atoms with van der Waals surface area (Å²) < 4.78 is 0. The van der Waals surface area contributed by atoms with E-state index >= 15 is 0 Å². The van der Waals surface area contributed by atoms with Crippen LogP contribution < -0.4 is 5.32 Å². The molecule has 0 aromatic carbocycles. The van der Waals surface area contributed by atoms with E-state index in [0.29, 0.717) is 0 Å². The Morgan fingerprint density at radius 3 is 2.88 bits per heavy atom. The maximum atomic E-state index is 12.3. The molecule has 0 aromatic heterocycles. The number of nitrogens with one attached hydrogen (secondary N) is 1. The summed E-state index contributed by atoms with van der Waals surface area (Å²) in [4.78, 5) is 14.2. The lowest BCUT2D eigenvalue weighted by atomic mass is 10.0. The van der Waals surface area contributed by atoms with Crippen LogP contribution >= 0.6 is 11.8 Å². The van der Waals surface area contributed by atoms with Crippen molar-refractivity contribution in [3.63, 3.8) is 0 Å². The zero-order valence-corrected chi connectivity index (χ0v) is 11.8. The number of aliphatic hydroxyl groups excluding tert-OH is 1. The first-order valence-electron chi connectivity index (χ1n) is 6.33. The number of hydrogen-bond acceptors (Lipinski definition) is 4. The van der Waals surface area contributed by atoms with Gasteiger partial charge in [-0.05, 0) is 32.6 Å². The number of likely N-dealkylation sites (tertiary alicyclic amines) is 1. The molecule has 3 atom stereocenters. The zero-order chi connectivity index (χ0) is 12.8. The molecule has 0 aliphatic carbocycles. The van der Waals surface area contributed by atoms with Crippen molar-refractivity contribution in [3.05, 3.63) is 0 Å². The molecule has 100 valence electrons. The smallest absolute Gasteiger partial charge is 0.239 e. The van der Waals surface area contributed by atoms with Gasteiger partial charge in [0.2, 0.25) is 5.91 Å². The number of piperidine rings is 1. The average molecular weight is 260 g/mol. The third kappa shape index (κ3) is 3.60. The second-order valence-corrected chi connectivity index (χ2v) is 5.56. The molecule has 4 nitrogen and oxygen atoms in total. The van der Waals surface area contributed by atoms with Gasteiger partial charge in [0, 0.05) is 17.8 Å². The Balaban J connectivity index is 2.65. The van der Waals surface area contributed by atoms with Crippen molar-refractivity contribution in [1.82, 2.24) is 10.2 Å². The van der Waals surface area contributed by atoms with Crippen molar-refractivity contribution in [2.45, 2.75) is 44.0 Å². The van der Waals surface area contributed by atoms with Crippen molar-refractivity contribution < 1.29 is 9.90 Å². The highest BCUT2D eigenvalue weighted by atomic mass is 32.2. The molecule has 1 fully saturated rings. The summed E-state index contributed by atoms with van der Waals surface area (Å²) in [6.45, 7) is 5.82. The van der Waals surface area contributed by atoms with E-state index in [4.69, 9.17) is 0 Å². The Morgan fingerprint density at radius 1 is 1.65 bits per heavy atom. The third-order valence-corrected chi connectivity index (χ3v) is 4.58. The van der Waals surface area contributed by atoms with E-state index in [2.05, 4.69) is 5.32 Å². The van der Waals surface area contributed by atoms with Crippen LogP contribution in [-0.2, 0) is 4.79 Å². The van der Waals surface area contributed by atoms with E-state index in [1.807, 2.05) is 25.0 Å². The van der Waals surface area contributed by atoms with Crippen molar-refractivity contribution in [1.29, 1.82) is 0 Å². The van der Waals surface area contributed by atoms with Gasteiger partial charge in [-0.1, -0.05) is 6.92 Å². The van der Waals surface area contributed by atoms with Crippen LogP contribution in [0.1, 0.15) is 26.7 Å². The van der Waals surface area contributed by atoms with Crippen LogP contribution in [0.3, 0.4) is 0 Å². The van der Waals surface area contributed by atoms with Crippen molar-refractivity contribution in [2.75, 3.05) is 26.0 Å². The minimum atomic E-state index is -0.0302. The highest BCUT2D eigenvalue weighted by Crippen LogP contribution is 2.21. The number of aliphatic hydroxyl groups is 1. The van der Waals surface area contributed by atoms with Gasteiger partial charge in [-0.15, -0.1) is 0 Å². The number of hydrogen-bond donors (Lipinski definition) is 2. The molecule has 0 radical (unpaired) electrons. The SMILES string of the molecule is CCNC1CCCN(C(C)C(CO)SC)C1=O. The molecule has 1 rings (SSSR count). The maximum absolute atomic E-state index is 12.3. The van der Waals surface area contributed by atoms with Gasteiger partial charge in [0.1, 0.15) is 0 Å². The fourth-order valence-corrected chi connectivity index (χ4v) is 3.05. The number of carbonyl (C=O) groups excluding carboxylic acids is 1. The second kappa shape index (κ2) is 7.24. The van der Waals surface area contributed by atoms with Gasteiger partial charge in [-0.25, -0.2) is 0 Å². The summed E-state index contributed by atoms with van der Waals surface area (Å²) in [5, 5.41) is 12.7. The minimum Gasteiger partial charge on any atom is -0.395 e. The molecule has 0 bridgehead atoms. The molecule has 17 heavy (non-hydrogen) atoms. The van der Waals surface area contributed by atoms with Crippen molar-refractivity contribution in [2.24, 2.45) is 0 Å². The van der Waals surface area contributed by atoms with Crippen molar-refractivity contribution in [3.8, 4) is 0 Å². The summed E-state index contributed by atoms with van der Waals surface area (Å²) in [6.07, 6.45) is 3.95. The Bertz CT molecular complexity index is 245. The number of likely N-dealkylation sites (N-methyl/N-ethyl adjacent to an activating group) is 1. The molecule has 3 unspecified atom stereocenters. The van der Waals surface area contributed by atoms with E-state index in [0.717, 1.165) is 25.9 Å². The Kier molecular flexibility index (Phi) is 6.30. The molecular formula is C12H24N2O2S. The molecule has 1 aliphatic heterocycles. The topological polar surface area (TPSA) is 52.6 Å². The van der Waals surface area contributed by atoms with Gasteiger partial charge in [-0.3, -0.25) is 4.79 Å². The normalized spacial score (nSPS) is 24.8. The standard InChI is InChI=1S/C12H24N2O2S/c1-4-13-10-6-5-7-14(12(10)16)9(2)11(8-15)17-3/h9-11,13,15H,4-8H2,1-3H3. The molecule has 1 aliphatic rings. The predicted molar refractivity (Wildman–Crippen MR) is 72.3 cm³/mol. The molecule has 1 saturated heterocycles. The largest absolute Gasteiger partial charge is 0.395 e. The van der Waals surface area contributed by atoms with Gasteiger partial charge < -0.3 is 15.3 Å². The summed E-state index contributed by atoms with van der Waals surface area (Å²) in [6, 6.07) is 0.0707. The number of rotatable bonds is 6. The van der Waals surface area contributed by atoms with E-state index < -0.39 is 0 Å². The molecule has 0 spiro atoms. The zero-order valence-electron chi connectivity index (χ0n) is 11.0. The molecule has 2 N–H and O–H groups in total. The summed E-state index contributed by atoms with van der Waals surface area (Å²) in [7, 11) is 0. The first kappa shape index (κ1) is 14.8. The van der Waals surface area contributed by atoms with Gasteiger partial charge in [0.05, 0.1) is 12.6 Å². The average Bonchev–Trinajstić information content (AvgIpc) is 2.33. The number of nitrogens with zero attached hydrogens (tertiary/aromatic N) is 1. The third-order valence-electron chi connectivity index (χ3n) is 3.44. The number of thioether (sulfide) groups is 1. The Hall–Kier alpha value is -0.260. The summed E-state index contributed by atoms with van der Waals surface area (Å²) in [5.41, 5.74) is 0. The van der Waals surface area contributed by atoms with Gasteiger partial charge in [0.25, 0.3) is 0 Å². The Labute approximate surface area is 108 Å². The van der Waals surface area contributed by atoms with Gasteiger partial charge in [-0.2, -0.15) is 11.8 Å². The second-order valence-electron chi connectivity index (χ2n) is 4.48. The molecule has 1 heterocycles. The monoisotopic (exact) mass is 260 g/mol. The lowest BCUT2D eigenvalue weighted by molar-refractivity contribution is -0.138. The number of amides is 1. The maximum Gasteiger partial charge on any atom is 0.239 e. The van der Waals surface area contributed by atoms with E-state index in [1.165, 1.54) is 0 Å². The molecular weight excluding hydrogens is 236 g/mol. The van der Waals surface area contributed by atoms with Crippen LogP contribution in [-0.4, -0.2) is 59.2 Å². The van der Waals surface area contributed by atoms with Crippen LogP contribution in [0, 0.1) is 0 Å². The lowest BCUT2D eigenvalue weighted by Crippen LogP contribution is -2.56.